The van der Waals surface area contributed by atoms with Gasteiger partial charge in [-0.05, 0) is 35.5 Å². The molecular formula is C17H12N4O4S. The number of rotatable bonds is 4. The van der Waals surface area contributed by atoms with E-state index in [1.165, 1.54) is 30.5 Å². The normalized spacial score (nSPS) is 17.2. The zero-order chi connectivity index (χ0) is 18.5. The van der Waals surface area contributed by atoms with Crippen molar-refractivity contribution in [3.63, 3.8) is 0 Å². The van der Waals surface area contributed by atoms with Gasteiger partial charge in [-0.25, -0.2) is 0 Å². The minimum Gasteiger partial charge on any atom is -0.508 e. The summed E-state index contributed by atoms with van der Waals surface area (Å²) in [5.41, 5.74) is 1.25. The van der Waals surface area contributed by atoms with Crippen LogP contribution in [0.2, 0.25) is 0 Å². The number of phenols is 1. The van der Waals surface area contributed by atoms with Crippen molar-refractivity contribution < 1.29 is 14.8 Å². The van der Waals surface area contributed by atoms with Gasteiger partial charge in [-0.2, -0.15) is 5.10 Å². The number of amidine groups is 1. The largest absolute Gasteiger partial charge is 0.508 e. The molecule has 8 nitrogen and oxygen atoms in total. The van der Waals surface area contributed by atoms with E-state index in [0.29, 0.717) is 15.6 Å². The molecule has 9 heteroatoms. The molecule has 0 aromatic heterocycles. The number of amides is 1. The van der Waals surface area contributed by atoms with Crippen LogP contribution < -0.4 is 5.32 Å². The second-order valence-corrected chi connectivity index (χ2v) is 6.19. The van der Waals surface area contributed by atoms with E-state index in [1.54, 1.807) is 30.3 Å². The number of carbonyl (C=O) groups is 1. The summed E-state index contributed by atoms with van der Waals surface area (Å²) in [5.74, 6) is -0.152. The lowest BCUT2D eigenvalue weighted by Crippen LogP contribution is -2.19. The van der Waals surface area contributed by atoms with E-state index < -0.39 is 4.92 Å². The van der Waals surface area contributed by atoms with Crippen LogP contribution in [-0.4, -0.2) is 27.3 Å². The molecule has 1 heterocycles. The molecular weight excluding hydrogens is 356 g/mol. The Labute approximate surface area is 152 Å². The average molecular weight is 368 g/mol. The van der Waals surface area contributed by atoms with E-state index in [2.05, 4.69) is 15.5 Å². The van der Waals surface area contributed by atoms with Gasteiger partial charge in [0.05, 0.1) is 16.0 Å². The summed E-state index contributed by atoms with van der Waals surface area (Å²) >= 11 is 1.13. The lowest BCUT2D eigenvalue weighted by Gasteiger charge is -1.95. The number of benzene rings is 2. The molecule has 130 valence electrons. The molecule has 0 bridgehead atoms. The van der Waals surface area contributed by atoms with Gasteiger partial charge in [-0.15, -0.1) is 5.10 Å². The molecule has 0 atom stereocenters. The maximum Gasteiger partial charge on any atom is 0.270 e. The van der Waals surface area contributed by atoms with Crippen LogP contribution in [-0.2, 0) is 4.79 Å². The zero-order valence-electron chi connectivity index (χ0n) is 13.2. The van der Waals surface area contributed by atoms with Crippen molar-refractivity contribution in [3.05, 3.63) is 74.7 Å². The molecule has 26 heavy (non-hydrogen) atoms. The predicted molar refractivity (Wildman–Crippen MR) is 99.9 cm³/mol. The van der Waals surface area contributed by atoms with Gasteiger partial charge in [0.25, 0.3) is 11.6 Å². The smallest absolute Gasteiger partial charge is 0.270 e. The molecule has 1 aliphatic heterocycles. The summed E-state index contributed by atoms with van der Waals surface area (Å²) in [4.78, 5) is 22.6. The van der Waals surface area contributed by atoms with Gasteiger partial charge >= 0.3 is 0 Å². The summed E-state index contributed by atoms with van der Waals surface area (Å²) in [5, 5.41) is 30.7. The molecule has 0 spiro atoms. The van der Waals surface area contributed by atoms with Crippen LogP contribution in [0.25, 0.3) is 6.08 Å². The number of nitrogens with zero attached hydrogens (tertiary/aromatic N) is 3. The molecule has 2 aromatic carbocycles. The van der Waals surface area contributed by atoms with Crippen LogP contribution in [0, 0.1) is 10.1 Å². The highest BCUT2D eigenvalue weighted by atomic mass is 32.2. The number of hydrogen-bond acceptors (Lipinski definition) is 7. The molecule has 1 amide bonds. The van der Waals surface area contributed by atoms with Crippen LogP contribution >= 0.6 is 11.8 Å². The minimum absolute atomic E-state index is 0.0377. The van der Waals surface area contributed by atoms with Gasteiger partial charge in [-0.1, -0.05) is 24.3 Å². The summed E-state index contributed by atoms with van der Waals surface area (Å²) in [7, 11) is 0. The number of nitrogens with one attached hydrogen (secondary N) is 1. The van der Waals surface area contributed by atoms with Crippen molar-refractivity contribution in [2.24, 2.45) is 10.2 Å². The zero-order valence-corrected chi connectivity index (χ0v) is 14.0. The van der Waals surface area contributed by atoms with E-state index in [9.17, 15) is 20.0 Å². The summed E-state index contributed by atoms with van der Waals surface area (Å²) in [6.07, 6.45) is 3.04. The third kappa shape index (κ3) is 4.33. The molecule has 2 aromatic rings. The van der Waals surface area contributed by atoms with E-state index in [1.807, 2.05) is 0 Å². The van der Waals surface area contributed by atoms with E-state index in [-0.39, 0.29) is 17.3 Å². The molecule has 0 saturated carbocycles. The van der Waals surface area contributed by atoms with Gasteiger partial charge in [0.15, 0.2) is 5.17 Å². The van der Waals surface area contributed by atoms with Gasteiger partial charge in [0, 0.05) is 17.7 Å². The van der Waals surface area contributed by atoms with Gasteiger partial charge in [0.1, 0.15) is 5.75 Å². The SMILES string of the molecule is O=C1N/C(=N\N=C\c2cccc([N+](=O)[O-])c2)S/C1=C\c1ccc(O)cc1. The minimum atomic E-state index is -0.489. The number of thioether (sulfide) groups is 1. The van der Waals surface area contributed by atoms with Crippen LogP contribution in [0.15, 0.2) is 63.6 Å². The fourth-order valence-electron chi connectivity index (χ4n) is 2.06. The maximum absolute atomic E-state index is 12.0. The first-order chi connectivity index (χ1) is 12.5. The van der Waals surface area contributed by atoms with Gasteiger partial charge < -0.3 is 5.11 Å². The molecule has 0 radical (unpaired) electrons. The molecule has 0 unspecified atom stereocenters. The quantitative estimate of drug-likeness (QED) is 0.372. The second-order valence-electron chi connectivity index (χ2n) is 5.16. The first-order valence-corrected chi connectivity index (χ1v) is 8.18. The Hall–Kier alpha value is -3.46. The Bertz CT molecular complexity index is 951. The Morgan fingerprint density at radius 3 is 2.65 bits per heavy atom. The Balaban J connectivity index is 1.71. The van der Waals surface area contributed by atoms with Gasteiger partial charge in [-0.3, -0.25) is 20.2 Å². The third-order valence-electron chi connectivity index (χ3n) is 3.28. The van der Waals surface area contributed by atoms with E-state index in [4.69, 9.17) is 0 Å². The summed E-state index contributed by atoms with van der Waals surface area (Å²) in [6, 6.07) is 12.4. The maximum atomic E-state index is 12.0. The Morgan fingerprint density at radius 1 is 1.15 bits per heavy atom. The van der Waals surface area contributed by atoms with Crippen molar-refractivity contribution in [2.75, 3.05) is 0 Å². The van der Waals surface area contributed by atoms with Crippen molar-refractivity contribution >= 4 is 40.8 Å². The predicted octanol–water partition coefficient (Wildman–Crippen LogP) is 2.89. The van der Waals surface area contributed by atoms with Gasteiger partial charge in [0.2, 0.25) is 0 Å². The number of nitro benzene ring substituents is 1. The van der Waals surface area contributed by atoms with Crippen LogP contribution in [0.4, 0.5) is 5.69 Å². The lowest BCUT2D eigenvalue weighted by atomic mass is 10.2. The Morgan fingerprint density at radius 2 is 1.92 bits per heavy atom. The monoisotopic (exact) mass is 368 g/mol. The van der Waals surface area contributed by atoms with Crippen LogP contribution in [0.5, 0.6) is 5.75 Å². The molecule has 0 aliphatic carbocycles. The van der Waals surface area contributed by atoms with Crippen molar-refractivity contribution in [1.82, 2.24) is 5.32 Å². The molecule has 1 aliphatic rings. The molecule has 2 N–H and O–H groups in total. The summed E-state index contributed by atoms with van der Waals surface area (Å²) < 4.78 is 0. The second kappa shape index (κ2) is 7.62. The topological polar surface area (TPSA) is 117 Å². The summed E-state index contributed by atoms with van der Waals surface area (Å²) in [6.45, 7) is 0. The standard InChI is InChI=1S/C17H12N4O4S/c22-14-6-4-11(5-7-14)9-15-16(23)19-17(26-15)20-18-10-12-2-1-3-13(8-12)21(24)25/h1-10,22H,(H,19,20,23)/b15-9-,18-10+. The number of aromatic hydroxyl groups is 1. The average Bonchev–Trinajstić information content (AvgIpc) is 2.97. The third-order valence-corrected chi connectivity index (χ3v) is 4.18. The van der Waals surface area contributed by atoms with Crippen molar-refractivity contribution in [3.8, 4) is 5.75 Å². The fourth-order valence-corrected chi connectivity index (χ4v) is 2.84. The van der Waals surface area contributed by atoms with Crippen LogP contribution in [0.3, 0.4) is 0 Å². The van der Waals surface area contributed by atoms with Crippen molar-refractivity contribution in [1.29, 1.82) is 0 Å². The van der Waals surface area contributed by atoms with Crippen LogP contribution in [0.1, 0.15) is 11.1 Å². The number of nitro groups is 1. The highest BCUT2D eigenvalue weighted by Crippen LogP contribution is 2.26. The Kier molecular flexibility index (Phi) is 5.09. The first kappa shape index (κ1) is 17.4. The molecule has 3 rings (SSSR count). The highest BCUT2D eigenvalue weighted by Gasteiger charge is 2.23. The van der Waals surface area contributed by atoms with E-state index >= 15 is 0 Å². The number of phenolic OH excluding ortho intramolecular Hbond substituents is 1. The highest BCUT2D eigenvalue weighted by molar-refractivity contribution is 8.18. The molecule has 1 saturated heterocycles. The molecule has 1 fully saturated rings. The fraction of sp³-hybridized carbons (Fsp3) is 0. The van der Waals surface area contributed by atoms with Crippen molar-refractivity contribution in [2.45, 2.75) is 0 Å². The lowest BCUT2D eigenvalue weighted by molar-refractivity contribution is -0.384. The number of hydrogen-bond donors (Lipinski definition) is 2. The first-order valence-electron chi connectivity index (χ1n) is 7.37. The van der Waals surface area contributed by atoms with E-state index in [0.717, 1.165) is 17.3 Å². The number of carbonyl (C=O) groups excluding carboxylic acids is 1. The number of non-ortho nitro benzene ring substituents is 1.